The summed E-state index contributed by atoms with van der Waals surface area (Å²) in [4.78, 5) is 18.2. The van der Waals surface area contributed by atoms with Crippen LogP contribution < -0.4 is 11.3 Å². The number of hydrogen-bond acceptors (Lipinski definition) is 4. The number of nitrogens with zero attached hydrogens (tertiary/aromatic N) is 1. The van der Waals surface area contributed by atoms with Gasteiger partial charge in [-0.25, -0.2) is 4.98 Å². The average molecular weight is 231 g/mol. The third-order valence-electron chi connectivity index (χ3n) is 2.49. The van der Waals surface area contributed by atoms with Crippen molar-refractivity contribution < 1.29 is 5.11 Å². The zero-order chi connectivity index (χ0) is 12.4. The highest BCUT2D eigenvalue weighted by Gasteiger charge is 2.18. The van der Waals surface area contributed by atoms with E-state index in [9.17, 15) is 9.90 Å². The predicted octanol–water partition coefficient (Wildman–Crippen LogP) is 0.742. The van der Waals surface area contributed by atoms with Gasteiger partial charge < -0.3 is 15.8 Å². The van der Waals surface area contributed by atoms with Crippen molar-refractivity contribution in [1.29, 1.82) is 0 Å². The maximum absolute atomic E-state index is 11.7. The molecule has 0 fully saturated rings. The Morgan fingerprint density at radius 3 is 2.59 bits per heavy atom. The van der Waals surface area contributed by atoms with Gasteiger partial charge in [0, 0.05) is 0 Å². The molecular formula is C12H13N3O2. The number of aryl methyl sites for hydroxylation is 1. The molecule has 17 heavy (non-hydrogen) atoms. The van der Waals surface area contributed by atoms with Crippen molar-refractivity contribution in [2.75, 3.05) is 5.73 Å². The fourth-order valence-corrected chi connectivity index (χ4v) is 1.68. The molecule has 0 unspecified atom stereocenters. The number of nitrogen functional groups attached to an aromatic ring is 1. The van der Waals surface area contributed by atoms with E-state index >= 15 is 0 Å². The Hall–Kier alpha value is -2.14. The van der Waals surface area contributed by atoms with Crippen LogP contribution in [0.4, 0.5) is 5.82 Å². The first-order chi connectivity index (χ1) is 8.09. The van der Waals surface area contributed by atoms with Crippen LogP contribution in [0.1, 0.15) is 23.1 Å². The summed E-state index contributed by atoms with van der Waals surface area (Å²) in [6.07, 6.45) is -1.06. The lowest BCUT2D eigenvalue weighted by atomic mass is 10.0. The minimum atomic E-state index is -1.06. The quantitative estimate of drug-likeness (QED) is 0.710. The normalized spacial score (nSPS) is 12.4. The second-order valence-corrected chi connectivity index (χ2v) is 3.76. The van der Waals surface area contributed by atoms with Gasteiger partial charge in [0.25, 0.3) is 5.56 Å². The van der Waals surface area contributed by atoms with E-state index in [4.69, 9.17) is 5.73 Å². The zero-order valence-corrected chi connectivity index (χ0v) is 9.34. The summed E-state index contributed by atoms with van der Waals surface area (Å²) in [5, 5.41) is 10.1. The number of aliphatic hydroxyl groups excluding tert-OH is 1. The van der Waals surface area contributed by atoms with Crippen molar-refractivity contribution in [3.05, 3.63) is 57.6 Å². The lowest BCUT2D eigenvalue weighted by Crippen LogP contribution is -2.22. The van der Waals surface area contributed by atoms with Crippen LogP contribution in [-0.4, -0.2) is 15.1 Å². The molecule has 0 aliphatic carbocycles. The van der Waals surface area contributed by atoms with Crippen LogP contribution >= 0.6 is 0 Å². The summed E-state index contributed by atoms with van der Waals surface area (Å²) in [6.45, 7) is 1.64. The number of H-pyrrole nitrogens is 1. The van der Waals surface area contributed by atoms with Gasteiger partial charge in [-0.1, -0.05) is 30.3 Å². The summed E-state index contributed by atoms with van der Waals surface area (Å²) in [7, 11) is 0. The van der Waals surface area contributed by atoms with Crippen molar-refractivity contribution in [3.63, 3.8) is 0 Å². The molecule has 1 atom stereocenters. The monoisotopic (exact) mass is 231 g/mol. The zero-order valence-electron chi connectivity index (χ0n) is 9.34. The van der Waals surface area contributed by atoms with E-state index in [2.05, 4.69) is 9.97 Å². The van der Waals surface area contributed by atoms with Crippen molar-refractivity contribution in [3.8, 4) is 0 Å². The van der Waals surface area contributed by atoms with Gasteiger partial charge in [0.1, 0.15) is 17.7 Å². The van der Waals surface area contributed by atoms with Crippen LogP contribution in [0.5, 0.6) is 0 Å². The molecule has 1 aromatic heterocycles. The lowest BCUT2D eigenvalue weighted by molar-refractivity contribution is 0.219. The van der Waals surface area contributed by atoms with Gasteiger partial charge in [-0.15, -0.1) is 0 Å². The lowest BCUT2D eigenvalue weighted by Gasteiger charge is -2.12. The van der Waals surface area contributed by atoms with E-state index in [-0.39, 0.29) is 11.4 Å². The van der Waals surface area contributed by atoms with Crippen molar-refractivity contribution in [1.82, 2.24) is 9.97 Å². The molecule has 0 bridgehead atoms. The smallest absolute Gasteiger partial charge is 0.259 e. The van der Waals surface area contributed by atoms with Gasteiger partial charge in [0.15, 0.2) is 0 Å². The number of benzene rings is 1. The number of aromatic nitrogens is 2. The molecule has 0 radical (unpaired) electrons. The molecule has 0 spiro atoms. The Balaban J connectivity index is 2.52. The van der Waals surface area contributed by atoms with Gasteiger partial charge in [0.2, 0.25) is 0 Å². The van der Waals surface area contributed by atoms with Crippen molar-refractivity contribution in [2.45, 2.75) is 13.0 Å². The highest BCUT2D eigenvalue weighted by molar-refractivity contribution is 5.43. The summed E-state index contributed by atoms with van der Waals surface area (Å²) in [5.41, 5.74) is 5.95. The molecule has 0 amide bonds. The Bertz CT molecular complexity index is 578. The number of anilines is 1. The first kappa shape index (κ1) is 11.3. The Kier molecular flexibility index (Phi) is 2.93. The molecule has 0 aliphatic heterocycles. The van der Waals surface area contributed by atoms with E-state index in [1.807, 2.05) is 6.07 Å². The Morgan fingerprint density at radius 1 is 1.35 bits per heavy atom. The second kappa shape index (κ2) is 4.39. The van der Waals surface area contributed by atoms with Gasteiger partial charge in [-0.3, -0.25) is 4.79 Å². The SMILES string of the molecule is Cc1nc(N)c([C@@H](O)c2ccccc2)c(=O)[nH]1. The summed E-state index contributed by atoms with van der Waals surface area (Å²) in [6, 6.07) is 8.85. The van der Waals surface area contributed by atoms with E-state index in [0.29, 0.717) is 11.4 Å². The molecule has 5 nitrogen and oxygen atoms in total. The second-order valence-electron chi connectivity index (χ2n) is 3.76. The number of nitrogens with one attached hydrogen (secondary N) is 1. The molecule has 88 valence electrons. The third kappa shape index (κ3) is 2.19. The standard InChI is InChI=1S/C12H13N3O2/c1-7-14-11(13)9(12(17)15-7)10(16)8-5-3-2-4-6-8/h2-6,10,16H,1H3,(H3,13,14,15,17)/t10-/m0/s1. The minimum Gasteiger partial charge on any atom is -0.383 e. The molecule has 1 aromatic carbocycles. The fourth-order valence-electron chi connectivity index (χ4n) is 1.68. The predicted molar refractivity (Wildman–Crippen MR) is 64.5 cm³/mol. The van der Waals surface area contributed by atoms with Crippen molar-refractivity contribution in [2.24, 2.45) is 0 Å². The van der Waals surface area contributed by atoms with Crippen LogP contribution in [0.3, 0.4) is 0 Å². The highest BCUT2D eigenvalue weighted by Crippen LogP contribution is 2.21. The summed E-state index contributed by atoms with van der Waals surface area (Å²) >= 11 is 0. The molecule has 2 rings (SSSR count). The molecule has 4 N–H and O–H groups in total. The summed E-state index contributed by atoms with van der Waals surface area (Å²) in [5.74, 6) is 0.485. The third-order valence-corrected chi connectivity index (χ3v) is 2.49. The number of aliphatic hydroxyl groups is 1. The van der Waals surface area contributed by atoms with E-state index in [0.717, 1.165) is 0 Å². The number of hydrogen-bond donors (Lipinski definition) is 3. The average Bonchev–Trinajstić information content (AvgIpc) is 2.28. The first-order valence-corrected chi connectivity index (χ1v) is 5.19. The molecule has 0 saturated carbocycles. The van der Waals surface area contributed by atoms with Gasteiger partial charge in [-0.05, 0) is 12.5 Å². The Labute approximate surface area is 98.0 Å². The number of aromatic amines is 1. The van der Waals surface area contributed by atoms with Crippen molar-refractivity contribution >= 4 is 5.82 Å². The van der Waals surface area contributed by atoms with Gasteiger partial charge in [0.05, 0.1) is 5.56 Å². The van der Waals surface area contributed by atoms with Crippen LogP contribution in [0.2, 0.25) is 0 Å². The molecule has 1 heterocycles. The maximum atomic E-state index is 11.7. The molecule has 0 aliphatic rings. The topological polar surface area (TPSA) is 92.0 Å². The van der Waals surface area contributed by atoms with Crippen LogP contribution in [0.25, 0.3) is 0 Å². The minimum absolute atomic E-state index is 0.0580. The molecule has 5 heteroatoms. The van der Waals surface area contributed by atoms with E-state index in [1.165, 1.54) is 0 Å². The molecule has 2 aromatic rings. The number of nitrogens with two attached hydrogens (primary N) is 1. The first-order valence-electron chi connectivity index (χ1n) is 5.19. The van der Waals surface area contributed by atoms with E-state index < -0.39 is 11.7 Å². The maximum Gasteiger partial charge on any atom is 0.259 e. The van der Waals surface area contributed by atoms with Gasteiger partial charge in [-0.2, -0.15) is 0 Å². The highest BCUT2D eigenvalue weighted by atomic mass is 16.3. The number of rotatable bonds is 2. The largest absolute Gasteiger partial charge is 0.383 e. The van der Waals surface area contributed by atoms with Crippen LogP contribution in [0, 0.1) is 6.92 Å². The van der Waals surface area contributed by atoms with E-state index in [1.54, 1.807) is 31.2 Å². The Morgan fingerprint density at radius 2 is 2.00 bits per heavy atom. The fraction of sp³-hybridized carbons (Fsp3) is 0.167. The summed E-state index contributed by atoms with van der Waals surface area (Å²) < 4.78 is 0. The molecular weight excluding hydrogens is 218 g/mol. The molecule has 0 saturated heterocycles. The van der Waals surface area contributed by atoms with Crippen LogP contribution in [-0.2, 0) is 0 Å². The van der Waals surface area contributed by atoms with Gasteiger partial charge >= 0.3 is 0 Å². The van der Waals surface area contributed by atoms with Crippen LogP contribution in [0.15, 0.2) is 35.1 Å².